The summed E-state index contributed by atoms with van der Waals surface area (Å²) >= 11 is 12.0. The molecule has 0 unspecified atom stereocenters. The van der Waals surface area contributed by atoms with Crippen LogP contribution in [0.1, 0.15) is 26.3 Å². The summed E-state index contributed by atoms with van der Waals surface area (Å²) in [5.74, 6) is -1.15. The molecule has 0 radical (unpaired) electrons. The zero-order chi connectivity index (χ0) is 18.1. The Labute approximate surface area is 153 Å². The van der Waals surface area contributed by atoms with Crippen LogP contribution in [-0.2, 0) is 4.79 Å². The lowest BCUT2D eigenvalue weighted by Crippen LogP contribution is -2.24. The van der Waals surface area contributed by atoms with E-state index >= 15 is 0 Å². The third-order valence-corrected chi connectivity index (χ3v) is 4.59. The molecule has 3 rings (SSSR count). The quantitative estimate of drug-likeness (QED) is 0.654. The highest BCUT2D eigenvalue weighted by Crippen LogP contribution is 2.27. The topological polar surface area (TPSA) is 66.5 Å². The van der Waals surface area contributed by atoms with Crippen molar-refractivity contribution in [1.82, 2.24) is 4.90 Å². The normalized spacial score (nSPS) is 13.5. The van der Waals surface area contributed by atoms with Crippen LogP contribution in [0, 0.1) is 0 Å². The number of carbonyl (C=O) groups is 3. The number of carbonyl (C=O) groups excluding carboxylic acids is 3. The Kier molecular flexibility index (Phi) is 4.61. The first-order valence-electron chi connectivity index (χ1n) is 7.28. The monoisotopic (exact) mass is 374 g/mol. The van der Waals surface area contributed by atoms with E-state index in [2.05, 4.69) is 5.32 Å². The molecule has 1 N–H and O–H groups in total. The van der Waals surface area contributed by atoms with Gasteiger partial charge in [-0.2, -0.15) is 0 Å². The van der Waals surface area contributed by atoms with Gasteiger partial charge in [-0.25, -0.2) is 0 Å². The molecule has 0 fully saturated rings. The number of amides is 3. The molecular formula is C18H12Cl2N2O3. The highest BCUT2D eigenvalue weighted by molar-refractivity contribution is 6.42. The summed E-state index contributed by atoms with van der Waals surface area (Å²) in [6.45, 7) is 0. The van der Waals surface area contributed by atoms with Crippen molar-refractivity contribution < 1.29 is 14.4 Å². The fourth-order valence-electron chi connectivity index (χ4n) is 2.44. The number of anilines is 1. The van der Waals surface area contributed by atoms with Crippen molar-refractivity contribution >= 4 is 52.7 Å². The molecule has 0 bridgehead atoms. The lowest BCUT2D eigenvalue weighted by Gasteiger charge is -2.04. The number of halogens is 2. The maximum Gasteiger partial charge on any atom is 0.261 e. The highest BCUT2D eigenvalue weighted by atomic mass is 35.5. The summed E-state index contributed by atoms with van der Waals surface area (Å²) in [6, 6.07) is 9.69. The first kappa shape index (κ1) is 17.2. The van der Waals surface area contributed by atoms with Gasteiger partial charge in [0.25, 0.3) is 11.8 Å². The number of fused-ring (bicyclic) bond motifs is 1. The first-order chi connectivity index (χ1) is 11.9. The van der Waals surface area contributed by atoms with E-state index in [9.17, 15) is 14.4 Å². The Balaban J connectivity index is 1.76. The van der Waals surface area contributed by atoms with E-state index in [1.165, 1.54) is 25.3 Å². The number of nitrogens with one attached hydrogen (secondary N) is 1. The van der Waals surface area contributed by atoms with Crippen LogP contribution in [0.4, 0.5) is 5.69 Å². The predicted octanol–water partition coefficient (Wildman–Crippen LogP) is 3.87. The smallest absolute Gasteiger partial charge is 0.261 e. The molecule has 7 heteroatoms. The van der Waals surface area contributed by atoms with Gasteiger partial charge >= 0.3 is 0 Å². The van der Waals surface area contributed by atoms with Crippen molar-refractivity contribution in [2.24, 2.45) is 0 Å². The average molecular weight is 375 g/mol. The molecule has 126 valence electrons. The zero-order valence-electron chi connectivity index (χ0n) is 13.0. The summed E-state index contributed by atoms with van der Waals surface area (Å²) < 4.78 is 0. The van der Waals surface area contributed by atoms with E-state index in [0.717, 1.165) is 4.90 Å². The minimum atomic E-state index is -0.402. The lowest BCUT2D eigenvalue weighted by atomic mass is 10.1. The van der Waals surface area contributed by atoms with Gasteiger partial charge in [0.15, 0.2) is 0 Å². The van der Waals surface area contributed by atoms with E-state index in [1.807, 2.05) is 0 Å². The van der Waals surface area contributed by atoms with Gasteiger partial charge in [-0.1, -0.05) is 35.3 Å². The predicted molar refractivity (Wildman–Crippen MR) is 97.0 cm³/mol. The van der Waals surface area contributed by atoms with Crippen LogP contribution in [0.5, 0.6) is 0 Å². The molecule has 2 aromatic carbocycles. The van der Waals surface area contributed by atoms with Gasteiger partial charge in [-0.3, -0.25) is 19.3 Å². The minimum Gasteiger partial charge on any atom is -0.322 e. The Morgan fingerprint density at radius 3 is 2.56 bits per heavy atom. The van der Waals surface area contributed by atoms with Crippen LogP contribution < -0.4 is 5.32 Å². The summed E-state index contributed by atoms with van der Waals surface area (Å²) in [4.78, 5) is 36.9. The van der Waals surface area contributed by atoms with Crippen molar-refractivity contribution in [2.45, 2.75) is 0 Å². The summed E-state index contributed by atoms with van der Waals surface area (Å²) in [5, 5.41) is 3.40. The summed E-state index contributed by atoms with van der Waals surface area (Å²) in [6.07, 6.45) is 2.85. The first-order valence-corrected chi connectivity index (χ1v) is 8.03. The average Bonchev–Trinajstić information content (AvgIpc) is 2.80. The molecule has 0 saturated carbocycles. The highest BCUT2D eigenvalue weighted by Gasteiger charge is 2.32. The molecule has 1 aliphatic heterocycles. The van der Waals surface area contributed by atoms with Gasteiger partial charge in [-0.15, -0.1) is 0 Å². The van der Waals surface area contributed by atoms with Gasteiger partial charge < -0.3 is 5.32 Å². The number of benzene rings is 2. The van der Waals surface area contributed by atoms with Gasteiger partial charge in [0.05, 0.1) is 21.2 Å². The van der Waals surface area contributed by atoms with Crippen LogP contribution >= 0.6 is 23.2 Å². The second-order valence-corrected chi connectivity index (χ2v) is 6.18. The van der Waals surface area contributed by atoms with E-state index in [0.29, 0.717) is 26.9 Å². The minimum absolute atomic E-state index is 0.271. The van der Waals surface area contributed by atoms with Crippen LogP contribution in [0.25, 0.3) is 6.08 Å². The number of nitrogens with zero attached hydrogens (tertiary/aromatic N) is 1. The number of hydrogen-bond donors (Lipinski definition) is 1. The van der Waals surface area contributed by atoms with E-state index in [4.69, 9.17) is 23.2 Å². The molecule has 1 aliphatic rings. The van der Waals surface area contributed by atoms with Crippen molar-refractivity contribution in [3.05, 3.63) is 69.2 Å². The maximum atomic E-state index is 12.1. The van der Waals surface area contributed by atoms with Gasteiger partial charge in [0.1, 0.15) is 0 Å². The standard InChI is InChI=1S/C18H12Cl2N2O3/c1-22-17(24)12-7-6-11(9-13(12)18(22)25)21-15(23)8-5-10-3-2-4-14(19)16(10)20/h2-9H,1H3,(H,21,23). The van der Waals surface area contributed by atoms with Crippen LogP contribution in [0.3, 0.4) is 0 Å². The van der Waals surface area contributed by atoms with Gasteiger partial charge in [-0.05, 0) is 35.9 Å². The fourth-order valence-corrected chi connectivity index (χ4v) is 2.81. The van der Waals surface area contributed by atoms with Crippen molar-refractivity contribution in [1.29, 1.82) is 0 Å². The third kappa shape index (κ3) is 3.29. The second-order valence-electron chi connectivity index (χ2n) is 5.40. The molecular weight excluding hydrogens is 363 g/mol. The van der Waals surface area contributed by atoms with Crippen molar-refractivity contribution in [3.63, 3.8) is 0 Å². The Bertz CT molecular complexity index is 938. The molecule has 25 heavy (non-hydrogen) atoms. The molecule has 0 saturated heterocycles. The molecule has 0 aromatic heterocycles. The summed E-state index contributed by atoms with van der Waals surface area (Å²) in [7, 11) is 1.42. The summed E-state index contributed by atoms with van der Waals surface area (Å²) in [5.41, 5.74) is 1.63. The molecule has 0 atom stereocenters. The lowest BCUT2D eigenvalue weighted by molar-refractivity contribution is -0.111. The SMILES string of the molecule is CN1C(=O)c2ccc(NC(=O)C=Cc3cccc(Cl)c3Cl)cc2C1=O. The van der Waals surface area contributed by atoms with Crippen molar-refractivity contribution in [2.75, 3.05) is 12.4 Å². The largest absolute Gasteiger partial charge is 0.322 e. The van der Waals surface area contributed by atoms with Crippen LogP contribution in [0.15, 0.2) is 42.5 Å². The van der Waals surface area contributed by atoms with Crippen molar-refractivity contribution in [3.8, 4) is 0 Å². The number of rotatable bonds is 3. The number of hydrogen-bond acceptors (Lipinski definition) is 3. The Morgan fingerprint density at radius 2 is 1.80 bits per heavy atom. The number of imide groups is 1. The fraction of sp³-hybridized carbons (Fsp3) is 0.0556. The Hall–Kier alpha value is -2.63. The Morgan fingerprint density at radius 1 is 1.08 bits per heavy atom. The van der Waals surface area contributed by atoms with Gasteiger partial charge in [0, 0.05) is 18.8 Å². The molecule has 5 nitrogen and oxygen atoms in total. The molecule has 0 spiro atoms. The van der Waals surface area contributed by atoms with Crippen LogP contribution in [0.2, 0.25) is 10.0 Å². The molecule has 1 heterocycles. The van der Waals surface area contributed by atoms with E-state index in [-0.39, 0.29) is 11.5 Å². The molecule has 0 aliphatic carbocycles. The van der Waals surface area contributed by atoms with E-state index < -0.39 is 11.8 Å². The third-order valence-electron chi connectivity index (χ3n) is 3.75. The van der Waals surface area contributed by atoms with Crippen LogP contribution in [-0.4, -0.2) is 29.7 Å². The van der Waals surface area contributed by atoms with Gasteiger partial charge in [0.2, 0.25) is 5.91 Å². The maximum absolute atomic E-state index is 12.1. The zero-order valence-corrected chi connectivity index (χ0v) is 14.6. The molecule has 3 amide bonds. The molecule has 2 aromatic rings. The second kappa shape index (κ2) is 6.70. The van der Waals surface area contributed by atoms with E-state index in [1.54, 1.807) is 30.3 Å².